The van der Waals surface area contributed by atoms with Gasteiger partial charge in [-0.25, -0.2) is 0 Å². The second-order valence-corrected chi connectivity index (χ2v) is 28.0. The normalized spacial score (nSPS) is 12.8. The van der Waals surface area contributed by atoms with Crippen LogP contribution in [0, 0.1) is 28.9 Å². The van der Waals surface area contributed by atoms with Gasteiger partial charge in [0.1, 0.15) is 5.58 Å². The van der Waals surface area contributed by atoms with Crippen molar-refractivity contribution in [3.8, 4) is 34.4 Å². The van der Waals surface area contributed by atoms with Gasteiger partial charge < -0.3 is 9.40 Å². The van der Waals surface area contributed by atoms with Crippen LogP contribution in [0.2, 0.25) is 17.3 Å². The molecule has 297 valence electrons. The van der Waals surface area contributed by atoms with E-state index in [9.17, 15) is 5.26 Å². The van der Waals surface area contributed by atoms with E-state index < -0.39 is 25.1 Å². The Labute approximate surface area is 364 Å². The minimum atomic E-state index is -2.00. The molecule has 0 saturated carbocycles. The van der Waals surface area contributed by atoms with Crippen molar-refractivity contribution in [1.82, 2.24) is 14.5 Å². The number of benzene rings is 5. The van der Waals surface area contributed by atoms with Crippen LogP contribution < -0.4 is 4.40 Å². The first-order valence-electron chi connectivity index (χ1n) is 21.2. The zero-order chi connectivity index (χ0) is 43.3. The Kier molecular flexibility index (Phi) is 11.5. The van der Waals surface area contributed by atoms with Crippen molar-refractivity contribution in [2.75, 3.05) is 0 Å². The SMILES string of the molecule is CC(C)c1c[c]([Ge]([CH3])([CH3])[CH3])cc(C(C)C)c1-n1c(-c2[c-]cccc2)nc2ccccc21.[2H]c1c(C#N)ccc2c1oc1c(-c3cc(C([2H])([2H])C(C)(C)C)ccn3)[c-]ccc12.[Ir]. The van der Waals surface area contributed by atoms with Crippen molar-refractivity contribution in [1.29, 1.82) is 5.26 Å². The zero-order valence-corrected chi connectivity index (χ0v) is 39.5. The number of hydrogen-bond donors (Lipinski definition) is 0. The first-order chi connectivity index (χ1) is 28.3. The summed E-state index contributed by atoms with van der Waals surface area (Å²) in [4.78, 5) is 9.50. The molecular weight excluding hydrogens is 949 g/mol. The van der Waals surface area contributed by atoms with Crippen LogP contribution in [0.4, 0.5) is 0 Å². The molecule has 5 aromatic carbocycles. The summed E-state index contributed by atoms with van der Waals surface area (Å²) in [6.45, 7) is 14.8. The molecule has 0 N–H and O–H groups in total. The summed E-state index contributed by atoms with van der Waals surface area (Å²) < 4.78 is 35.3. The Bertz CT molecular complexity index is 2890. The number of furan rings is 1. The Hall–Kier alpha value is -4.80. The molecule has 3 heterocycles. The zero-order valence-electron chi connectivity index (χ0n) is 38.0. The summed E-state index contributed by atoms with van der Waals surface area (Å²) in [7, 11) is 0. The predicted molar refractivity (Wildman–Crippen MR) is 240 cm³/mol. The van der Waals surface area contributed by atoms with Gasteiger partial charge in [0.25, 0.3) is 0 Å². The third-order valence-corrected chi connectivity index (χ3v) is 14.3. The topological polar surface area (TPSA) is 67.6 Å². The summed E-state index contributed by atoms with van der Waals surface area (Å²) in [5, 5.41) is 10.7. The van der Waals surface area contributed by atoms with Crippen molar-refractivity contribution in [3.05, 3.63) is 144 Å². The van der Waals surface area contributed by atoms with Crippen LogP contribution in [-0.2, 0) is 26.5 Å². The second-order valence-electron chi connectivity index (χ2n) is 17.3. The number of fused-ring (bicyclic) bond motifs is 4. The van der Waals surface area contributed by atoms with Gasteiger partial charge in [0.05, 0.1) is 18.6 Å². The molecule has 0 spiro atoms. The van der Waals surface area contributed by atoms with Gasteiger partial charge >= 0.3 is 190 Å². The average Bonchev–Trinajstić information content (AvgIpc) is 3.80. The molecule has 7 heteroatoms. The van der Waals surface area contributed by atoms with Gasteiger partial charge in [0.15, 0.2) is 0 Å². The summed E-state index contributed by atoms with van der Waals surface area (Å²) in [5.74, 6) is 9.27. The Balaban J connectivity index is 0.000000201. The molecule has 5 nitrogen and oxygen atoms in total. The molecule has 0 fully saturated rings. The maximum Gasteiger partial charge on any atom is 0.122 e. The van der Waals surface area contributed by atoms with Crippen molar-refractivity contribution in [3.63, 3.8) is 0 Å². The monoisotopic (exact) mass is 1010 g/mol. The van der Waals surface area contributed by atoms with Gasteiger partial charge in [-0.1, -0.05) is 49.4 Å². The third-order valence-electron chi connectivity index (χ3n) is 10.0. The van der Waals surface area contributed by atoms with Crippen LogP contribution >= 0.6 is 0 Å². The quantitative estimate of drug-likeness (QED) is 0.118. The minimum Gasteiger partial charge on any atom is -0.501 e. The van der Waals surface area contributed by atoms with E-state index in [0.717, 1.165) is 33.2 Å². The molecule has 58 heavy (non-hydrogen) atoms. The number of aromatic nitrogens is 3. The van der Waals surface area contributed by atoms with Crippen molar-refractivity contribution < 1.29 is 28.6 Å². The summed E-state index contributed by atoms with van der Waals surface area (Å²) >= 11 is -2.00. The smallest absolute Gasteiger partial charge is 0.122 e. The summed E-state index contributed by atoms with van der Waals surface area (Å²) in [5.41, 5.74) is 9.56. The van der Waals surface area contributed by atoms with Crippen LogP contribution in [-0.4, -0.2) is 27.8 Å². The third kappa shape index (κ3) is 8.93. The first-order valence-corrected chi connectivity index (χ1v) is 27.0. The van der Waals surface area contributed by atoms with E-state index in [1.807, 2.05) is 45.0 Å². The van der Waals surface area contributed by atoms with Crippen LogP contribution in [0.25, 0.3) is 61.3 Å². The number of pyridine rings is 1. The Morgan fingerprint density at radius 1 is 0.879 bits per heavy atom. The molecule has 0 bridgehead atoms. The average molecular weight is 1000 g/mol. The van der Waals surface area contributed by atoms with E-state index in [4.69, 9.17) is 13.5 Å². The molecular formula is C51H52GeIrN4O-2. The first kappa shape index (κ1) is 38.7. The Morgan fingerprint density at radius 2 is 1.59 bits per heavy atom. The van der Waals surface area contributed by atoms with E-state index in [-0.39, 0.29) is 31.7 Å². The summed E-state index contributed by atoms with van der Waals surface area (Å²) in [6.07, 6.45) is 0.0375. The number of imidazole rings is 1. The number of nitrogens with zero attached hydrogens (tertiary/aromatic N) is 4. The molecule has 0 saturated heterocycles. The van der Waals surface area contributed by atoms with Crippen LogP contribution in [0.1, 0.15) is 86.7 Å². The van der Waals surface area contributed by atoms with E-state index in [2.05, 4.69) is 115 Å². The van der Waals surface area contributed by atoms with Gasteiger partial charge in [0.2, 0.25) is 0 Å². The van der Waals surface area contributed by atoms with Crippen molar-refractivity contribution >= 4 is 50.6 Å². The number of hydrogen-bond acceptors (Lipinski definition) is 4. The van der Waals surface area contributed by atoms with Crippen molar-refractivity contribution in [2.24, 2.45) is 5.41 Å². The molecule has 3 aromatic heterocycles. The molecule has 8 rings (SSSR count). The van der Waals surface area contributed by atoms with Gasteiger partial charge in [-0.15, -0.1) is 18.2 Å². The molecule has 0 aliphatic heterocycles. The largest absolute Gasteiger partial charge is 0.501 e. The minimum absolute atomic E-state index is 0. The fourth-order valence-electron chi connectivity index (χ4n) is 7.22. The number of nitriles is 1. The fraction of sp³-hybridized carbons (Fsp3) is 0.275. The molecule has 0 amide bonds. The van der Waals surface area contributed by atoms with E-state index in [0.29, 0.717) is 39.8 Å². The van der Waals surface area contributed by atoms with Gasteiger partial charge in [-0.3, -0.25) is 0 Å². The van der Waals surface area contributed by atoms with Crippen LogP contribution in [0.3, 0.4) is 0 Å². The molecule has 8 aromatic rings. The standard InChI is InChI=1S/C28H33GeN2.C23H19N2O.Ir/c1-19(2)23-17-22(29(5,6)7)18-24(20(3)4)27(23)31-26-16-12-11-15-25(26)30-28(31)21-13-9-8-10-14-21;1-23(2,3)13-15-9-10-25-20(11-15)19-6-4-5-18-17-8-7-16(14-24)12-21(17)26-22(18)19;/h8-13,15-20H,1-7H3;4-5,7-12H,13H2,1-3H3;/q2*-1;/i;12D,13D2;. The maximum atomic E-state index is 9.19. The summed E-state index contributed by atoms with van der Waals surface area (Å²) in [6, 6.07) is 40.7. The van der Waals surface area contributed by atoms with Crippen LogP contribution in [0.15, 0.2) is 114 Å². The fourth-order valence-corrected chi connectivity index (χ4v) is 9.69. The van der Waals surface area contributed by atoms with Gasteiger partial charge in [-0.2, -0.15) is 5.26 Å². The molecule has 0 aliphatic rings. The number of rotatable bonds is 7. The van der Waals surface area contributed by atoms with Gasteiger partial charge in [-0.05, 0) is 35.7 Å². The van der Waals surface area contributed by atoms with Crippen molar-refractivity contribution in [2.45, 2.75) is 83.9 Å². The predicted octanol–water partition coefficient (Wildman–Crippen LogP) is 13.2. The van der Waals surface area contributed by atoms with E-state index >= 15 is 0 Å². The second kappa shape index (κ2) is 17.2. The van der Waals surface area contributed by atoms with Gasteiger partial charge in [0, 0.05) is 34.4 Å². The molecule has 0 aliphatic carbocycles. The number of para-hydroxylation sites is 2. The molecule has 1 radical (unpaired) electrons. The van der Waals surface area contributed by atoms with Crippen LogP contribution in [0.5, 0.6) is 0 Å². The molecule has 0 unspecified atom stereocenters. The molecule has 0 atom stereocenters. The Morgan fingerprint density at radius 3 is 2.22 bits per heavy atom. The maximum absolute atomic E-state index is 9.19. The van der Waals surface area contributed by atoms with E-state index in [1.54, 1.807) is 40.9 Å². The van der Waals surface area contributed by atoms with E-state index in [1.165, 1.54) is 16.8 Å².